The van der Waals surface area contributed by atoms with Crippen molar-refractivity contribution in [1.29, 1.82) is 0 Å². The van der Waals surface area contributed by atoms with Gasteiger partial charge in [-0.1, -0.05) is 30.3 Å². The lowest BCUT2D eigenvalue weighted by Gasteiger charge is -2.08. The Kier molecular flexibility index (Phi) is 7.07. The number of amides is 3. The Morgan fingerprint density at radius 2 is 1.48 bits per heavy atom. The number of rotatable bonds is 7. The van der Waals surface area contributed by atoms with E-state index in [9.17, 15) is 19.2 Å². The van der Waals surface area contributed by atoms with Gasteiger partial charge in [-0.05, 0) is 24.3 Å². The number of hydrogen-bond donors (Lipinski definition) is 2. The lowest BCUT2D eigenvalue weighted by Crippen LogP contribution is -2.40. The maximum Gasteiger partial charge on any atom is 0.344 e. The van der Waals surface area contributed by atoms with Crippen molar-refractivity contribution in [2.75, 3.05) is 20.3 Å². The average Bonchev–Trinajstić information content (AvgIpc) is 2.71. The van der Waals surface area contributed by atoms with Crippen LogP contribution in [0, 0.1) is 0 Å². The molecule has 0 bridgehead atoms. The van der Waals surface area contributed by atoms with E-state index in [1.165, 1.54) is 7.05 Å². The molecule has 0 radical (unpaired) electrons. The zero-order valence-electron chi connectivity index (χ0n) is 14.6. The van der Waals surface area contributed by atoms with E-state index in [1.54, 1.807) is 48.5 Å². The monoisotopic (exact) mass is 370 g/mol. The molecule has 0 heterocycles. The summed E-state index contributed by atoms with van der Waals surface area (Å²) in [4.78, 5) is 46.0. The number of nitrogens with one attached hydrogen (secondary N) is 2. The molecule has 0 aliphatic heterocycles. The van der Waals surface area contributed by atoms with E-state index in [4.69, 9.17) is 4.74 Å². The third kappa shape index (κ3) is 6.28. The third-order valence-corrected chi connectivity index (χ3v) is 3.35. The number of urea groups is 1. The predicted molar refractivity (Wildman–Crippen MR) is 95.4 cm³/mol. The Labute approximate surface area is 155 Å². The molecule has 27 heavy (non-hydrogen) atoms. The van der Waals surface area contributed by atoms with Crippen LogP contribution in [-0.4, -0.2) is 44.0 Å². The summed E-state index contributed by atoms with van der Waals surface area (Å²) in [5.41, 5.74) is 1.06. The zero-order valence-corrected chi connectivity index (χ0v) is 14.6. The number of ether oxygens (including phenoxy) is 2. The van der Waals surface area contributed by atoms with Crippen LogP contribution in [0.25, 0.3) is 0 Å². The van der Waals surface area contributed by atoms with Gasteiger partial charge in [-0.3, -0.25) is 14.9 Å². The Morgan fingerprint density at radius 1 is 0.852 bits per heavy atom. The Bertz CT molecular complexity index is 818. The van der Waals surface area contributed by atoms with Gasteiger partial charge in [0, 0.05) is 18.2 Å². The lowest BCUT2D eigenvalue weighted by molar-refractivity contribution is -0.150. The molecule has 0 spiro atoms. The fourth-order valence-electron chi connectivity index (χ4n) is 2.01. The molecule has 0 aliphatic rings. The Balaban J connectivity index is 1.79. The fraction of sp³-hybridized carbons (Fsp3) is 0.158. The van der Waals surface area contributed by atoms with Crippen LogP contribution in [0.2, 0.25) is 0 Å². The molecule has 0 aromatic heterocycles. The Morgan fingerprint density at radius 3 is 2.11 bits per heavy atom. The normalized spacial score (nSPS) is 9.81. The van der Waals surface area contributed by atoms with Crippen molar-refractivity contribution >= 4 is 23.7 Å². The van der Waals surface area contributed by atoms with E-state index in [-0.39, 0.29) is 5.78 Å². The van der Waals surface area contributed by atoms with Crippen LogP contribution >= 0.6 is 0 Å². The maximum absolute atomic E-state index is 12.3. The minimum absolute atomic E-state index is 0.122. The minimum Gasteiger partial charge on any atom is -0.482 e. The summed E-state index contributed by atoms with van der Waals surface area (Å²) < 4.78 is 9.93. The van der Waals surface area contributed by atoms with Gasteiger partial charge in [-0.2, -0.15) is 0 Å². The van der Waals surface area contributed by atoms with Gasteiger partial charge in [0.25, 0.3) is 5.91 Å². The van der Waals surface area contributed by atoms with Crippen LogP contribution in [0.1, 0.15) is 15.9 Å². The summed E-state index contributed by atoms with van der Waals surface area (Å²) in [6.07, 6.45) is 0. The van der Waals surface area contributed by atoms with Crippen molar-refractivity contribution in [1.82, 2.24) is 10.6 Å². The molecule has 140 valence electrons. The van der Waals surface area contributed by atoms with Gasteiger partial charge >= 0.3 is 12.0 Å². The number of carbonyl (C=O) groups excluding carboxylic acids is 4. The number of imide groups is 1. The van der Waals surface area contributed by atoms with Gasteiger partial charge in [0.05, 0.1) is 0 Å². The topological polar surface area (TPSA) is 111 Å². The van der Waals surface area contributed by atoms with Crippen molar-refractivity contribution < 1.29 is 28.7 Å². The highest BCUT2D eigenvalue weighted by molar-refractivity contribution is 6.09. The molecule has 2 aromatic rings. The zero-order chi connectivity index (χ0) is 19.6. The minimum atomic E-state index is -0.772. The molecular formula is C19H18N2O6. The van der Waals surface area contributed by atoms with Crippen molar-refractivity contribution in [3.63, 3.8) is 0 Å². The Hall–Kier alpha value is -3.68. The molecule has 0 saturated heterocycles. The number of carbonyl (C=O) groups is 4. The SMILES string of the molecule is CNC(=O)NC(=O)COC(=O)COc1ccc(C(=O)c2ccccc2)cc1. The molecule has 8 nitrogen and oxygen atoms in total. The van der Waals surface area contributed by atoms with Gasteiger partial charge in [-0.25, -0.2) is 9.59 Å². The van der Waals surface area contributed by atoms with Crippen LogP contribution in [0.5, 0.6) is 5.75 Å². The molecular weight excluding hydrogens is 352 g/mol. The predicted octanol–water partition coefficient (Wildman–Crippen LogP) is 1.30. The standard InChI is InChI=1S/C19H18N2O6/c1-20-19(25)21-16(22)11-27-17(23)12-26-15-9-7-14(8-10-15)18(24)13-5-3-2-4-6-13/h2-10H,11-12H2,1H3,(H2,20,21,22,25). The van der Waals surface area contributed by atoms with Gasteiger partial charge in [-0.15, -0.1) is 0 Å². The van der Waals surface area contributed by atoms with E-state index in [0.717, 1.165) is 0 Å². The van der Waals surface area contributed by atoms with Crippen LogP contribution in [-0.2, 0) is 14.3 Å². The number of benzene rings is 2. The highest BCUT2D eigenvalue weighted by atomic mass is 16.6. The summed E-state index contributed by atoms with van der Waals surface area (Å²) in [6, 6.07) is 14.4. The highest BCUT2D eigenvalue weighted by Gasteiger charge is 2.11. The van der Waals surface area contributed by atoms with E-state index < -0.39 is 31.1 Å². The third-order valence-electron chi connectivity index (χ3n) is 3.35. The van der Waals surface area contributed by atoms with E-state index in [2.05, 4.69) is 10.1 Å². The maximum atomic E-state index is 12.3. The first-order chi connectivity index (χ1) is 13.0. The van der Waals surface area contributed by atoms with Crippen molar-refractivity contribution in [3.8, 4) is 5.75 Å². The summed E-state index contributed by atoms with van der Waals surface area (Å²) in [7, 11) is 1.35. The van der Waals surface area contributed by atoms with E-state index >= 15 is 0 Å². The molecule has 0 fully saturated rings. The first kappa shape index (κ1) is 19.6. The molecule has 2 aromatic carbocycles. The summed E-state index contributed by atoms with van der Waals surface area (Å²) in [5.74, 6) is -1.28. The van der Waals surface area contributed by atoms with Crippen molar-refractivity contribution in [2.45, 2.75) is 0 Å². The molecule has 3 amide bonds. The molecule has 0 atom stereocenters. The number of hydrogen-bond acceptors (Lipinski definition) is 6. The lowest BCUT2D eigenvalue weighted by atomic mass is 10.0. The molecule has 0 unspecified atom stereocenters. The second kappa shape index (κ2) is 9.71. The average molecular weight is 370 g/mol. The van der Waals surface area contributed by atoms with Crippen LogP contribution in [0.15, 0.2) is 54.6 Å². The molecule has 0 saturated carbocycles. The first-order valence-corrected chi connectivity index (χ1v) is 7.99. The van der Waals surface area contributed by atoms with Crippen molar-refractivity contribution in [2.24, 2.45) is 0 Å². The summed E-state index contributed by atoms with van der Waals surface area (Å²) in [6.45, 7) is -1.01. The van der Waals surface area contributed by atoms with E-state index in [0.29, 0.717) is 16.9 Å². The molecule has 8 heteroatoms. The van der Waals surface area contributed by atoms with Gasteiger partial charge < -0.3 is 14.8 Å². The smallest absolute Gasteiger partial charge is 0.344 e. The molecule has 2 N–H and O–H groups in total. The van der Waals surface area contributed by atoms with Gasteiger partial charge in [0.15, 0.2) is 19.0 Å². The molecule has 0 aliphatic carbocycles. The van der Waals surface area contributed by atoms with E-state index in [1.807, 2.05) is 11.4 Å². The second-order valence-corrected chi connectivity index (χ2v) is 5.30. The fourth-order valence-corrected chi connectivity index (χ4v) is 2.01. The highest BCUT2D eigenvalue weighted by Crippen LogP contribution is 2.15. The first-order valence-electron chi connectivity index (χ1n) is 7.99. The van der Waals surface area contributed by atoms with Crippen LogP contribution < -0.4 is 15.4 Å². The quantitative estimate of drug-likeness (QED) is 0.561. The van der Waals surface area contributed by atoms with Crippen molar-refractivity contribution in [3.05, 3.63) is 65.7 Å². The summed E-state index contributed by atoms with van der Waals surface area (Å²) in [5, 5.41) is 4.14. The van der Waals surface area contributed by atoms with Crippen LogP contribution in [0.3, 0.4) is 0 Å². The van der Waals surface area contributed by atoms with Gasteiger partial charge in [0.1, 0.15) is 5.75 Å². The largest absolute Gasteiger partial charge is 0.482 e. The number of esters is 1. The summed E-state index contributed by atoms with van der Waals surface area (Å²) >= 11 is 0. The molecule has 2 rings (SSSR count). The number of ketones is 1. The van der Waals surface area contributed by atoms with Crippen LogP contribution in [0.4, 0.5) is 4.79 Å². The van der Waals surface area contributed by atoms with Gasteiger partial charge in [0.2, 0.25) is 0 Å². The second-order valence-electron chi connectivity index (χ2n) is 5.30.